The quantitative estimate of drug-likeness (QED) is 0.847. The lowest BCUT2D eigenvalue weighted by Crippen LogP contribution is -2.43. The van der Waals surface area contributed by atoms with E-state index in [1.807, 2.05) is 24.3 Å². The highest BCUT2D eigenvalue weighted by molar-refractivity contribution is 7.88. The number of amides is 1. The van der Waals surface area contributed by atoms with E-state index in [2.05, 4.69) is 10.0 Å². The third kappa shape index (κ3) is 4.08. The molecule has 1 amide bonds. The molecule has 3 rings (SSSR count). The first-order valence-electron chi connectivity index (χ1n) is 8.39. The Balaban J connectivity index is 1.68. The van der Waals surface area contributed by atoms with Gasteiger partial charge in [0.05, 0.1) is 12.3 Å². The lowest BCUT2D eigenvalue weighted by atomic mass is 9.86. The molecule has 1 atom stereocenters. The van der Waals surface area contributed by atoms with E-state index in [4.69, 9.17) is 4.74 Å². The standard InChI is InChI=1S/C17H24N2O4S/c1-24(21,22)18-11-8-16(20)19-14-12-17(9-4-5-10-17)23-15-7-3-2-6-13(14)15/h2-3,6-7,14,18H,4-5,8-12H2,1H3,(H,19,20)/t14-/m0/s1. The lowest BCUT2D eigenvalue weighted by molar-refractivity contribution is -0.122. The monoisotopic (exact) mass is 352 g/mol. The van der Waals surface area contributed by atoms with Gasteiger partial charge in [0.15, 0.2) is 0 Å². The van der Waals surface area contributed by atoms with Gasteiger partial charge in [-0.3, -0.25) is 4.79 Å². The largest absolute Gasteiger partial charge is 0.487 e. The summed E-state index contributed by atoms with van der Waals surface area (Å²) in [4.78, 5) is 12.2. The van der Waals surface area contributed by atoms with Gasteiger partial charge >= 0.3 is 0 Å². The van der Waals surface area contributed by atoms with Crippen LogP contribution in [0.15, 0.2) is 24.3 Å². The van der Waals surface area contributed by atoms with Crippen LogP contribution in [-0.4, -0.2) is 32.7 Å². The molecule has 1 aliphatic heterocycles. The molecule has 1 aromatic carbocycles. The third-order valence-electron chi connectivity index (χ3n) is 4.76. The third-order valence-corrected chi connectivity index (χ3v) is 5.49. The van der Waals surface area contributed by atoms with Gasteiger partial charge in [0.1, 0.15) is 11.4 Å². The molecule has 0 unspecified atom stereocenters. The van der Waals surface area contributed by atoms with Crippen molar-refractivity contribution in [3.63, 3.8) is 0 Å². The van der Waals surface area contributed by atoms with Gasteiger partial charge < -0.3 is 10.1 Å². The van der Waals surface area contributed by atoms with Gasteiger partial charge in [-0.2, -0.15) is 0 Å². The van der Waals surface area contributed by atoms with E-state index in [-0.39, 0.29) is 30.5 Å². The zero-order valence-corrected chi connectivity index (χ0v) is 14.7. The number of benzene rings is 1. The first-order chi connectivity index (χ1) is 11.4. The second kappa shape index (κ2) is 6.72. The van der Waals surface area contributed by atoms with Crippen LogP contribution in [0.1, 0.15) is 50.1 Å². The zero-order valence-electron chi connectivity index (χ0n) is 13.9. The first kappa shape index (κ1) is 17.2. The molecule has 0 aromatic heterocycles. The summed E-state index contributed by atoms with van der Waals surface area (Å²) < 4.78 is 30.8. The maximum absolute atomic E-state index is 12.2. The Morgan fingerprint density at radius 1 is 1.29 bits per heavy atom. The van der Waals surface area contributed by atoms with E-state index in [1.54, 1.807) is 0 Å². The Kier molecular flexibility index (Phi) is 4.83. The van der Waals surface area contributed by atoms with Crippen LogP contribution in [0.5, 0.6) is 5.75 Å². The number of sulfonamides is 1. The number of para-hydroxylation sites is 1. The Morgan fingerprint density at radius 2 is 2.00 bits per heavy atom. The molecule has 0 saturated heterocycles. The summed E-state index contributed by atoms with van der Waals surface area (Å²) in [6, 6.07) is 7.75. The van der Waals surface area contributed by atoms with Gasteiger partial charge in [0, 0.05) is 24.9 Å². The minimum atomic E-state index is -3.27. The normalized spacial score (nSPS) is 22.0. The molecule has 1 aliphatic carbocycles. The van der Waals surface area contributed by atoms with Crippen LogP contribution >= 0.6 is 0 Å². The van der Waals surface area contributed by atoms with Crippen molar-refractivity contribution in [2.45, 2.75) is 50.2 Å². The zero-order chi connectivity index (χ0) is 17.2. The van der Waals surface area contributed by atoms with Crippen molar-refractivity contribution in [3.8, 4) is 5.75 Å². The van der Waals surface area contributed by atoms with Crippen molar-refractivity contribution in [1.82, 2.24) is 10.0 Å². The summed E-state index contributed by atoms with van der Waals surface area (Å²) >= 11 is 0. The number of hydrogen-bond acceptors (Lipinski definition) is 4. The summed E-state index contributed by atoms with van der Waals surface area (Å²) in [6.45, 7) is 0.112. The number of rotatable bonds is 5. The lowest BCUT2D eigenvalue weighted by Gasteiger charge is -2.40. The summed E-state index contributed by atoms with van der Waals surface area (Å²) in [7, 11) is -3.27. The molecular formula is C17H24N2O4S. The number of carbonyl (C=O) groups is 1. The van der Waals surface area contributed by atoms with Crippen molar-refractivity contribution in [2.75, 3.05) is 12.8 Å². The van der Waals surface area contributed by atoms with Gasteiger partial charge in [0.2, 0.25) is 15.9 Å². The number of fused-ring (bicyclic) bond motifs is 1. The molecule has 0 bridgehead atoms. The summed E-state index contributed by atoms with van der Waals surface area (Å²) in [5, 5.41) is 3.06. The summed E-state index contributed by atoms with van der Waals surface area (Å²) in [6.07, 6.45) is 6.33. The van der Waals surface area contributed by atoms with Crippen LogP contribution in [0.25, 0.3) is 0 Å². The van der Waals surface area contributed by atoms with Crippen molar-refractivity contribution in [2.24, 2.45) is 0 Å². The van der Waals surface area contributed by atoms with Crippen molar-refractivity contribution >= 4 is 15.9 Å². The van der Waals surface area contributed by atoms with Crippen molar-refractivity contribution < 1.29 is 17.9 Å². The second-order valence-corrected chi connectivity index (χ2v) is 8.60. The number of nitrogens with one attached hydrogen (secondary N) is 2. The van der Waals surface area contributed by atoms with Gasteiger partial charge in [-0.05, 0) is 31.7 Å². The number of carbonyl (C=O) groups excluding carboxylic acids is 1. The van der Waals surface area contributed by atoms with Crippen LogP contribution in [0.4, 0.5) is 0 Å². The Hall–Kier alpha value is -1.60. The van der Waals surface area contributed by atoms with Crippen LogP contribution in [0, 0.1) is 0 Å². The average Bonchev–Trinajstić information content (AvgIpc) is 2.93. The molecule has 7 heteroatoms. The van der Waals surface area contributed by atoms with E-state index >= 15 is 0 Å². The molecule has 0 radical (unpaired) electrons. The first-order valence-corrected chi connectivity index (χ1v) is 10.3. The average molecular weight is 352 g/mol. The van der Waals surface area contributed by atoms with E-state index in [9.17, 15) is 13.2 Å². The van der Waals surface area contributed by atoms with Gasteiger partial charge in [0.25, 0.3) is 0 Å². The Labute approximate surface area is 143 Å². The van der Waals surface area contributed by atoms with Gasteiger partial charge in [-0.15, -0.1) is 0 Å². The highest BCUT2D eigenvalue weighted by Gasteiger charge is 2.43. The molecule has 1 heterocycles. The highest BCUT2D eigenvalue weighted by atomic mass is 32.2. The molecule has 6 nitrogen and oxygen atoms in total. The fourth-order valence-corrected chi connectivity index (χ4v) is 4.16. The predicted octanol–water partition coefficient (Wildman–Crippen LogP) is 1.88. The maximum atomic E-state index is 12.2. The fraction of sp³-hybridized carbons (Fsp3) is 0.588. The van der Waals surface area contributed by atoms with Gasteiger partial charge in [-0.1, -0.05) is 18.2 Å². The SMILES string of the molecule is CS(=O)(=O)NCCC(=O)N[C@H]1CC2(CCCC2)Oc2ccccc21. The highest BCUT2D eigenvalue weighted by Crippen LogP contribution is 2.46. The van der Waals surface area contributed by atoms with E-state index in [0.29, 0.717) is 0 Å². The van der Waals surface area contributed by atoms with Crippen LogP contribution in [0.3, 0.4) is 0 Å². The van der Waals surface area contributed by atoms with Crippen LogP contribution < -0.4 is 14.8 Å². The van der Waals surface area contributed by atoms with Gasteiger partial charge in [-0.25, -0.2) is 13.1 Å². The molecule has 1 saturated carbocycles. The minimum Gasteiger partial charge on any atom is -0.487 e. The fourth-order valence-electron chi connectivity index (χ4n) is 3.69. The summed E-state index contributed by atoms with van der Waals surface area (Å²) in [5.41, 5.74) is 0.830. The molecule has 2 N–H and O–H groups in total. The molecule has 1 spiro atoms. The molecule has 2 aliphatic rings. The van der Waals surface area contributed by atoms with Crippen LogP contribution in [0.2, 0.25) is 0 Å². The second-order valence-electron chi connectivity index (χ2n) is 6.77. The van der Waals surface area contributed by atoms with Crippen LogP contribution in [-0.2, 0) is 14.8 Å². The summed E-state index contributed by atoms with van der Waals surface area (Å²) in [5.74, 6) is 0.700. The molecule has 1 fully saturated rings. The number of ether oxygens (including phenoxy) is 1. The molecule has 1 aromatic rings. The predicted molar refractivity (Wildman–Crippen MR) is 91.2 cm³/mol. The maximum Gasteiger partial charge on any atom is 0.221 e. The molecular weight excluding hydrogens is 328 g/mol. The topological polar surface area (TPSA) is 84.5 Å². The van der Waals surface area contributed by atoms with Crippen molar-refractivity contribution in [1.29, 1.82) is 0 Å². The van der Waals surface area contributed by atoms with Crippen molar-refractivity contribution in [3.05, 3.63) is 29.8 Å². The van der Waals surface area contributed by atoms with E-state index in [0.717, 1.165) is 49.7 Å². The molecule has 132 valence electrons. The minimum absolute atomic E-state index is 0.0845. The molecule has 24 heavy (non-hydrogen) atoms. The Bertz CT molecular complexity index is 711. The van der Waals surface area contributed by atoms with E-state index in [1.165, 1.54) is 0 Å². The van der Waals surface area contributed by atoms with E-state index < -0.39 is 10.0 Å². The smallest absolute Gasteiger partial charge is 0.221 e. The number of hydrogen-bond donors (Lipinski definition) is 2. The Morgan fingerprint density at radius 3 is 2.71 bits per heavy atom.